The van der Waals surface area contributed by atoms with Gasteiger partial charge in [-0.25, -0.2) is 0 Å². The first-order valence-electron chi connectivity index (χ1n) is 7.05. The van der Waals surface area contributed by atoms with Crippen molar-refractivity contribution in [2.24, 2.45) is 11.7 Å². The molecule has 98 valence electrons. The number of likely N-dealkylation sites (tertiary alicyclic amines) is 1. The van der Waals surface area contributed by atoms with Gasteiger partial charge < -0.3 is 10.6 Å². The van der Waals surface area contributed by atoms with E-state index in [1.807, 2.05) is 0 Å². The monoisotopic (exact) mass is 238 g/mol. The van der Waals surface area contributed by atoms with Crippen molar-refractivity contribution in [1.29, 1.82) is 0 Å². The summed E-state index contributed by atoms with van der Waals surface area (Å²) < 4.78 is 0. The van der Waals surface area contributed by atoms with Crippen LogP contribution in [0, 0.1) is 5.92 Å². The van der Waals surface area contributed by atoms with E-state index in [4.69, 9.17) is 5.73 Å². The molecule has 1 amide bonds. The van der Waals surface area contributed by atoms with Crippen molar-refractivity contribution >= 4 is 5.91 Å². The number of carbonyl (C=O) groups is 1. The van der Waals surface area contributed by atoms with Crippen LogP contribution in [0.3, 0.4) is 0 Å². The van der Waals surface area contributed by atoms with Gasteiger partial charge in [0.2, 0.25) is 5.91 Å². The van der Waals surface area contributed by atoms with E-state index in [0.29, 0.717) is 11.8 Å². The third-order valence-corrected chi connectivity index (χ3v) is 4.46. The molecule has 0 aromatic heterocycles. The van der Waals surface area contributed by atoms with Gasteiger partial charge in [-0.15, -0.1) is 0 Å². The van der Waals surface area contributed by atoms with Crippen LogP contribution in [0.4, 0.5) is 0 Å². The number of rotatable bonds is 2. The first kappa shape index (κ1) is 12.9. The molecule has 3 heteroatoms. The predicted octanol–water partition coefficient (Wildman–Crippen LogP) is 2.29. The van der Waals surface area contributed by atoms with Crippen LogP contribution < -0.4 is 5.73 Å². The number of hydrogen-bond donors (Lipinski definition) is 1. The molecule has 1 heterocycles. The van der Waals surface area contributed by atoms with E-state index in [1.54, 1.807) is 0 Å². The topological polar surface area (TPSA) is 46.3 Å². The highest BCUT2D eigenvalue weighted by Crippen LogP contribution is 2.32. The van der Waals surface area contributed by atoms with Gasteiger partial charge in [-0.3, -0.25) is 4.79 Å². The van der Waals surface area contributed by atoms with E-state index in [9.17, 15) is 4.79 Å². The van der Waals surface area contributed by atoms with Gasteiger partial charge >= 0.3 is 0 Å². The minimum atomic E-state index is -0.0483. The van der Waals surface area contributed by atoms with E-state index >= 15 is 0 Å². The van der Waals surface area contributed by atoms with Crippen LogP contribution in [-0.2, 0) is 4.79 Å². The molecular formula is C14H26N2O. The smallest absolute Gasteiger partial charge is 0.223 e. The Labute approximate surface area is 105 Å². The van der Waals surface area contributed by atoms with Crippen LogP contribution in [0.2, 0.25) is 0 Å². The molecule has 1 aliphatic carbocycles. The molecule has 17 heavy (non-hydrogen) atoms. The van der Waals surface area contributed by atoms with Crippen LogP contribution in [-0.4, -0.2) is 28.9 Å². The molecule has 1 saturated heterocycles. The van der Waals surface area contributed by atoms with Gasteiger partial charge in [0.1, 0.15) is 0 Å². The van der Waals surface area contributed by atoms with Crippen molar-refractivity contribution in [3.63, 3.8) is 0 Å². The Morgan fingerprint density at radius 2 is 1.94 bits per heavy atom. The zero-order valence-corrected chi connectivity index (χ0v) is 11.2. The number of nitrogens with two attached hydrogens (primary N) is 1. The maximum absolute atomic E-state index is 12.4. The lowest BCUT2D eigenvalue weighted by Gasteiger charge is -2.45. The van der Waals surface area contributed by atoms with Crippen LogP contribution in [0.15, 0.2) is 0 Å². The van der Waals surface area contributed by atoms with Gasteiger partial charge in [0, 0.05) is 24.5 Å². The van der Waals surface area contributed by atoms with E-state index in [2.05, 4.69) is 18.7 Å². The lowest BCUT2D eigenvalue weighted by atomic mass is 9.86. The molecule has 0 aromatic carbocycles. The summed E-state index contributed by atoms with van der Waals surface area (Å²) in [7, 11) is 0. The maximum Gasteiger partial charge on any atom is 0.223 e. The molecule has 1 aliphatic heterocycles. The van der Waals surface area contributed by atoms with Gasteiger partial charge in [-0.1, -0.05) is 12.8 Å². The second-order valence-corrected chi connectivity index (χ2v) is 6.47. The summed E-state index contributed by atoms with van der Waals surface area (Å²) in [6.07, 6.45) is 7.78. The summed E-state index contributed by atoms with van der Waals surface area (Å²) in [6.45, 7) is 5.15. The SMILES string of the molecule is CC1(C)CC(N)CCN1C(=O)CC1CCCC1. The fraction of sp³-hybridized carbons (Fsp3) is 0.929. The lowest BCUT2D eigenvalue weighted by molar-refractivity contribution is -0.139. The minimum absolute atomic E-state index is 0.0483. The van der Waals surface area contributed by atoms with Crippen LogP contribution in [0.25, 0.3) is 0 Å². The molecule has 1 saturated carbocycles. The van der Waals surface area contributed by atoms with E-state index < -0.39 is 0 Å². The Morgan fingerprint density at radius 1 is 1.29 bits per heavy atom. The lowest BCUT2D eigenvalue weighted by Crippen LogP contribution is -2.55. The van der Waals surface area contributed by atoms with Crippen LogP contribution in [0.1, 0.15) is 58.8 Å². The number of hydrogen-bond acceptors (Lipinski definition) is 2. The van der Waals surface area contributed by atoms with E-state index in [-0.39, 0.29) is 11.6 Å². The summed E-state index contributed by atoms with van der Waals surface area (Å²) in [5, 5.41) is 0. The molecule has 3 nitrogen and oxygen atoms in total. The van der Waals surface area contributed by atoms with Crippen molar-refractivity contribution in [1.82, 2.24) is 4.90 Å². The Balaban J connectivity index is 1.93. The summed E-state index contributed by atoms with van der Waals surface area (Å²) in [5.41, 5.74) is 5.95. The molecule has 0 bridgehead atoms. The van der Waals surface area contributed by atoms with Crippen molar-refractivity contribution in [3.05, 3.63) is 0 Å². The quantitative estimate of drug-likeness (QED) is 0.802. The molecule has 0 spiro atoms. The number of carbonyl (C=O) groups excluding carboxylic acids is 1. The standard InChI is InChI=1S/C14H26N2O/c1-14(2)10-12(15)7-8-16(14)13(17)9-11-5-3-4-6-11/h11-12H,3-10,15H2,1-2H3. The molecule has 0 radical (unpaired) electrons. The highest BCUT2D eigenvalue weighted by molar-refractivity contribution is 5.77. The average molecular weight is 238 g/mol. The minimum Gasteiger partial charge on any atom is -0.337 e. The van der Waals surface area contributed by atoms with Gasteiger partial charge in [-0.05, 0) is 45.4 Å². The molecule has 2 rings (SSSR count). The average Bonchev–Trinajstić information content (AvgIpc) is 2.68. The number of piperidine rings is 1. The van der Waals surface area contributed by atoms with Gasteiger partial charge in [0.15, 0.2) is 0 Å². The molecule has 2 N–H and O–H groups in total. The summed E-state index contributed by atoms with van der Waals surface area (Å²) in [6, 6.07) is 0.264. The van der Waals surface area contributed by atoms with Crippen LogP contribution >= 0.6 is 0 Å². The van der Waals surface area contributed by atoms with Gasteiger partial charge in [-0.2, -0.15) is 0 Å². The fourth-order valence-corrected chi connectivity index (χ4v) is 3.49. The Morgan fingerprint density at radius 3 is 2.53 bits per heavy atom. The molecule has 1 unspecified atom stereocenters. The Hall–Kier alpha value is -0.570. The molecule has 2 aliphatic rings. The van der Waals surface area contributed by atoms with Crippen molar-refractivity contribution in [2.75, 3.05) is 6.54 Å². The van der Waals surface area contributed by atoms with Crippen molar-refractivity contribution < 1.29 is 4.79 Å². The van der Waals surface area contributed by atoms with Crippen LogP contribution in [0.5, 0.6) is 0 Å². The summed E-state index contributed by atoms with van der Waals surface area (Å²) in [5.74, 6) is 1.00. The molecule has 1 atom stereocenters. The van der Waals surface area contributed by atoms with E-state index in [1.165, 1.54) is 25.7 Å². The third kappa shape index (κ3) is 3.01. The normalized spacial score (nSPS) is 29.6. The predicted molar refractivity (Wildman–Crippen MR) is 69.6 cm³/mol. The Bertz CT molecular complexity index is 282. The maximum atomic E-state index is 12.4. The molecular weight excluding hydrogens is 212 g/mol. The number of amides is 1. The molecule has 2 fully saturated rings. The first-order valence-corrected chi connectivity index (χ1v) is 7.05. The van der Waals surface area contributed by atoms with Gasteiger partial charge in [0.25, 0.3) is 0 Å². The summed E-state index contributed by atoms with van der Waals surface area (Å²) >= 11 is 0. The highest BCUT2D eigenvalue weighted by atomic mass is 16.2. The summed E-state index contributed by atoms with van der Waals surface area (Å²) in [4.78, 5) is 14.4. The third-order valence-electron chi connectivity index (χ3n) is 4.46. The zero-order valence-electron chi connectivity index (χ0n) is 11.2. The largest absolute Gasteiger partial charge is 0.337 e. The van der Waals surface area contributed by atoms with Crippen molar-refractivity contribution in [3.8, 4) is 0 Å². The van der Waals surface area contributed by atoms with Crippen molar-refractivity contribution in [2.45, 2.75) is 70.4 Å². The fourth-order valence-electron chi connectivity index (χ4n) is 3.49. The number of nitrogens with zero attached hydrogens (tertiary/aromatic N) is 1. The Kier molecular flexibility index (Phi) is 3.76. The van der Waals surface area contributed by atoms with Gasteiger partial charge in [0.05, 0.1) is 0 Å². The second kappa shape index (κ2) is 4.97. The highest BCUT2D eigenvalue weighted by Gasteiger charge is 2.36. The first-order chi connectivity index (χ1) is 7.99. The van der Waals surface area contributed by atoms with E-state index in [0.717, 1.165) is 25.8 Å². The zero-order chi connectivity index (χ0) is 12.5. The molecule has 0 aromatic rings. The second-order valence-electron chi connectivity index (χ2n) is 6.47.